The van der Waals surface area contributed by atoms with Gasteiger partial charge in [0.05, 0.1) is 45.4 Å². The van der Waals surface area contributed by atoms with E-state index >= 15 is 0 Å². The quantitative estimate of drug-likeness (QED) is 0.144. The Morgan fingerprint density at radius 1 is 0.225 bits per heavy atom. The average molecular weight is 1330 g/mol. The molecule has 22 rings (SSSR count). The van der Waals surface area contributed by atoms with Gasteiger partial charge in [-0.2, -0.15) is 19.9 Å². The number of rotatable bonds is 8. The zero-order valence-corrected chi connectivity index (χ0v) is 52.9. The Hall–Kier alpha value is -14.1. The van der Waals surface area contributed by atoms with Crippen molar-refractivity contribution in [3.8, 4) is 79.7 Å². The Morgan fingerprint density at radius 3 is 1.09 bits per heavy atom. The highest BCUT2D eigenvalue weighted by Gasteiger charge is 2.26. The lowest BCUT2D eigenvalue weighted by Gasteiger charge is -2.11. The molecule has 0 saturated heterocycles. The molecule has 0 spiro atoms. The van der Waals surface area contributed by atoms with Crippen molar-refractivity contribution >= 4 is 131 Å². The van der Waals surface area contributed by atoms with Crippen LogP contribution in [0.3, 0.4) is 0 Å². The third-order valence-electron chi connectivity index (χ3n) is 18.5. The fraction of sp³-hybridized carbons (Fsp3) is 0. The predicted molar refractivity (Wildman–Crippen MR) is 410 cm³/mol. The van der Waals surface area contributed by atoms with Gasteiger partial charge in [-0.25, -0.2) is 9.97 Å². The van der Waals surface area contributed by atoms with Gasteiger partial charge in [-0.3, -0.25) is 9.13 Å². The maximum Gasteiger partial charge on any atom is 0.238 e. The lowest BCUT2D eigenvalue weighted by molar-refractivity contribution is 0.668. The summed E-state index contributed by atoms with van der Waals surface area (Å²) in [5, 5.41) is 7.42. The van der Waals surface area contributed by atoms with Crippen LogP contribution in [0.2, 0.25) is 0 Å². The molecule has 14 aromatic carbocycles. The summed E-state index contributed by atoms with van der Waals surface area (Å²) in [6, 6.07) is 58.2. The largest absolute Gasteiger partial charge is 0.456 e. The summed E-state index contributed by atoms with van der Waals surface area (Å²) in [6.45, 7) is 0. The van der Waals surface area contributed by atoms with Gasteiger partial charge in [0.2, 0.25) is 11.9 Å². The summed E-state index contributed by atoms with van der Waals surface area (Å²) in [5.41, 5.74) is 6.42. The van der Waals surface area contributed by atoms with E-state index in [2.05, 4.69) is 6.07 Å². The van der Waals surface area contributed by atoms with Crippen molar-refractivity contribution in [2.24, 2.45) is 0 Å². The lowest BCUT2D eigenvalue weighted by atomic mass is 9.99. The maximum absolute atomic E-state index is 9.58. The summed E-state index contributed by atoms with van der Waals surface area (Å²) in [4.78, 5) is 29.6. The van der Waals surface area contributed by atoms with Crippen molar-refractivity contribution in [2.75, 3.05) is 0 Å². The number of benzene rings is 14. The van der Waals surface area contributed by atoms with Gasteiger partial charge in [-0.05, 0) is 107 Å². The minimum Gasteiger partial charge on any atom is -0.456 e. The molecule has 476 valence electrons. The Balaban J connectivity index is 0.000000148. The van der Waals surface area contributed by atoms with Crippen LogP contribution in [-0.2, 0) is 0 Å². The maximum atomic E-state index is 9.58. The van der Waals surface area contributed by atoms with E-state index in [1.165, 1.54) is 0 Å². The molecule has 0 saturated carbocycles. The number of para-hydroxylation sites is 4. The molecular formula is C90H52N8O4. The second-order valence-electron chi connectivity index (χ2n) is 24.3. The smallest absolute Gasteiger partial charge is 0.238 e. The normalized spacial score (nSPS) is 14.3. The molecule has 8 aromatic heterocycles. The molecule has 0 bridgehead atoms. The predicted octanol–water partition coefficient (Wildman–Crippen LogP) is 23.5. The van der Waals surface area contributed by atoms with E-state index in [1.54, 1.807) is 24.3 Å². The number of furan rings is 4. The summed E-state index contributed by atoms with van der Waals surface area (Å²) in [6.07, 6.45) is 0. The first-order valence-electron chi connectivity index (χ1n) is 41.0. The van der Waals surface area contributed by atoms with E-state index in [9.17, 15) is 8.22 Å². The van der Waals surface area contributed by atoms with Crippen molar-refractivity contribution < 1.29 is 41.0 Å². The summed E-state index contributed by atoms with van der Waals surface area (Å²) in [7, 11) is 0. The van der Waals surface area contributed by atoms with Crippen LogP contribution in [0.4, 0.5) is 0 Å². The molecular weight excluding hydrogens is 1260 g/mol. The molecule has 0 aliphatic heterocycles. The fourth-order valence-electron chi connectivity index (χ4n) is 14.1. The molecule has 0 N–H and O–H groups in total. The van der Waals surface area contributed by atoms with Crippen molar-refractivity contribution in [1.29, 1.82) is 0 Å². The highest BCUT2D eigenvalue weighted by atomic mass is 16.3. The standard InChI is InChI=1S/2C45H26N4O2/c2*1-3-12-27(13-4-1)30-18-11-21-37-40(30)33-23-22-29(26-39(33)51-37)44-46-43(28-14-5-2-6-15-28)47-45(48-44)49-34-19-9-7-16-31(34)41-35(49)24-25-38-42(41)32-17-8-10-20-36(32)50-38/h2*1-26H/i1D,3D,4D,11D,12D,13D,18D,21D,22D,23D,26D;11D,18D,21D,22D,23D,26D. The number of hydrogen-bond donors (Lipinski definition) is 0. The summed E-state index contributed by atoms with van der Waals surface area (Å²) in [5.74, 6) is 0.739. The Morgan fingerprint density at radius 2 is 0.618 bits per heavy atom. The van der Waals surface area contributed by atoms with Crippen LogP contribution >= 0.6 is 0 Å². The topological polar surface area (TPSA) is 140 Å². The molecule has 22 aromatic rings. The van der Waals surface area contributed by atoms with E-state index in [0.29, 0.717) is 33.7 Å². The van der Waals surface area contributed by atoms with Crippen LogP contribution < -0.4 is 0 Å². The number of hydrogen-bond acceptors (Lipinski definition) is 10. The van der Waals surface area contributed by atoms with Crippen LogP contribution in [0, 0.1) is 0 Å². The van der Waals surface area contributed by atoms with Gasteiger partial charge in [-0.15, -0.1) is 0 Å². The molecule has 0 radical (unpaired) electrons. The molecule has 0 atom stereocenters. The van der Waals surface area contributed by atoms with Crippen molar-refractivity contribution in [3.63, 3.8) is 0 Å². The zero-order chi connectivity index (χ0) is 81.7. The van der Waals surface area contributed by atoms with Gasteiger partial charge in [0.25, 0.3) is 0 Å². The van der Waals surface area contributed by atoms with E-state index in [0.717, 1.165) is 81.9 Å². The first-order valence-corrected chi connectivity index (χ1v) is 32.5. The molecule has 0 fully saturated rings. The molecule has 12 heteroatoms. The summed E-state index contributed by atoms with van der Waals surface area (Å²) < 4.78 is 180. The molecule has 0 aliphatic rings. The first-order chi connectivity index (χ1) is 57.7. The van der Waals surface area contributed by atoms with Crippen molar-refractivity contribution in [2.45, 2.75) is 0 Å². The van der Waals surface area contributed by atoms with Crippen molar-refractivity contribution in [1.82, 2.24) is 39.0 Å². The molecule has 0 aliphatic carbocycles. The number of nitrogens with zero attached hydrogens (tertiary/aromatic N) is 8. The van der Waals surface area contributed by atoms with Gasteiger partial charge < -0.3 is 17.7 Å². The van der Waals surface area contributed by atoms with Gasteiger partial charge in [0, 0.05) is 86.9 Å². The van der Waals surface area contributed by atoms with E-state index < -0.39 is 72.0 Å². The third-order valence-corrected chi connectivity index (χ3v) is 18.5. The van der Waals surface area contributed by atoms with Gasteiger partial charge in [-0.1, -0.05) is 230 Å². The Kier molecular flexibility index (Phi) is 9.49. The van der Waals surface area contributed by atoms with Crippen LogP contribution in [0.15, 0.2) is 333 Å². The number of aromatic nitrogens is 8. The molecule has 102 heavy (non-hydrogen) atoms. The minimum atomic E-state index is -0.691. The highest BCUT2D eigenvalue weighted by molar-refractivity contribution is 6.29. The second-order valence-corrected chi connectivity index (χ2v) is 24.3. The van der Waals surface area contributed by atoms with Crippen LogP contribution in [0.1, 0.15) is 23.3 Å². The third kappa shape index (κ3) is 9.03. The molecule has 0 unspecified atom stereocenters. The zero-order valence-electron chi connectivity index (χ0n) is 69.9. The molecule has 12 nitrogen and oxygen atoms in total. The Bertz CT molecular complexity index is 8210. The van der Waals surface area contributed by atoms with Crippen molar-refractivity contribution in [3.05, 3.63) is 315 Å². The average Bonchev–Trinajstić information content (AvgIpc) is 1.57. The second kappa shape index (κ2) is 22.7. The van der Waals surface area contributed by atoms with Gasteiger partial charge >= 0.3 is 0 Å². The van der Waals surface area contributed by atoms with Gasteiger partial charge in [0.15, 0.2) is 23.3 Å². The minimum absolute atomic E-state index is 0.0118. The van der Waals surface area contributed by atoms with Crippen LogP contribution in [-0.4, -0.2) is 39.0 Å². The monoisotopic (exact) mass is 1330 g/mol. The van der Waals surface area contributed by atoms with E-state index in [-0.39, 0.29) is 126 Å². The SMILES string of the molecule is [2H]c1c([2H])c(-c2ccccc2)c2c(oc3c([2H])c(-c4nc(-c5ccccc5)nc(-n5c6ccccc6c6c7c(ccc65)oc5ccccc57)n4)c([2H])c([2H])c32)c1[2H].[2H]c1c([2H])c([2H])c(-c2c([2H])c([2H])c([2H])c3oc4c([2H])c(-c5nc(-c6ccccc6)nc(-n6c7ccccc7c7c8c(ccc76)oc6ccccc68)n5)c([2H])c([2H])c4c23)c([2H])c1[2H]. The summed E-state index contributed by atoms with van der Waals surface area (Å²) >= 11 is 0. The first kappa shape index (κ1) is 42.6. The molecule has 0 amide bonds. The number of fused-ring (bicyclic) bond motifs is 20. The fourth-order valence-corrected chi connectivity index (χ4v) is 14.1. The lowest BCUT2D eigenvalue weighted by Crippen LogP contribution is -2.06. The molecule has 8 heterocycles. The van der Waals surface area contributed by atoms with E-state index in [4.69, 9.17) is 62.7 Å². The van der Waals surface area contributed by atoms with E-state index in [1.807, 2.05) is 191 Å². The highest BCUT2D eigenvalue weighted by Crippen LogP contribution is 2.45. The van der Waals surface area contributed by atoms with Gasteiger partial charge in [0.1, 0.15) is 44.7 Å². The van der Waals surface area contributed by atoms with Crippen LogP contribution in [0.5, 0.6) is 0 Å². The Labute approximate surface area is 603 Å². The van der Waals surface area contributed by atoms with Crippen LogP contribution in [0.25, 0.3) is 211 Å².